The molecule has 0 bridgehead atoms. The van der Waals surface area contributed by atoms with Crippen LogP contribution in [0.4, 0.5) is 5.82 Å². The molecule has 2 aromatic rings. The summed E-state index contributed by atoms with van der Waals surface area (Å²) in [5, 5.41) is 5.86. The van der Waals surface area contributed by atoms with Crippen molar-refractivity contribution in [2.24, 2.45) is 0 Å². The van der Waals surface area contributed by atoms with Crippen molar-refractivity contribution in [2.75, 3.05) is 12.4 Å². The van der Waals surface area contributed by atoms with Gasteiger partial charge >= 0.3 is 0 Å². The van der Waals surface area contributed by atoms with Crippen molar-refractivity contribution in [2.45, 2.75) is 52.0 Å². The Morgan fingerprint density at radius 3 is 2.81 bits per heavy atom. The highest BCUT2D eigenvalue weighted by Gasteiger charge is 2.07. The number of nitrogens with one attached hydrogen (secondary N) is 1. The molecule has 1 aromatic carbocycles. The Kier molecular flexibility index (Phi) is 5.85. The van der Waals surface area contributed by atoms with Crippen LogP contribution in [0.15, 0.2) is 30.5 Å². The monoisotopic (exact) mass is 286 g/mol. The van der Waals surface area contributed by atoms with Gasteiger partial charge in [0.25, 0.3) is 0 Å². The van der Waals surface area contributed by atoms with Crippen LogP contribution in [0.3, 0.4) is 0 Å². The van der Waals surface area contributed by atoms with Gasteiger partial charge in [-0.1, -0.05) is 38.7 Å². The summed E-state index contributed by atoms with van der Waals surface area (Å²) >= 11 is 0. The number of ether oxygens (including phenoxy) is 1. The first-order chi connectivity index (χ1) is 10.2. The molecule has 114 valence electrons. The molecular weight excluding hydrogens is 260 g/mol. The van der Waals surface area contributed by atoms with Gasteiger partial charge < -0.3 is 10.1 Å². The van der Waals surface area contributed by atoms with Gasteiger partial charge in [-0.25, -0.2) is 4.98 Å². The SMILES string of the molecule is CCCCCCC(C)Nc1nccc2ccc(OC)cc12. The molecule has 0 amide bonds. The van der Waals surface area contributed by atoms with Gasteiger partial charge in [0, 0.05) is 17.6 Å². The maximum atomic E-state index is 5.32. The molecule has 0 saturated heterocycles. The Balaban J connectivity index is 2.06. The summed E-state index contributed by atoms with van der Waals surface area (Å²) < 4.78 is 5.32. The summed E-state index contributed by atoms with van der Waals surface area (Å²) in [6, 6.07) is 8.58. The smallest absolute Gasteiger partial charge is 0.134 e. The predicted molar refractivity (Wildman–Crippen MR) is 90.1 cm³/mol. The van der Waals surface area contributed by atoms with Crippen LogP contribution in [0, 0.1) is 0 Å². The van der Waals surface area contributed by atoms with Gasteiger partial charge in [-0.3, -0.25) is 0 Å². The number of rotatable bonds is 8. The van der Waals surface area contributed by atoms with Crippen LogP contribution in [0.2, 0.25) is 0 Å². The first kappa shape index (κ1) is 15.6. The standard InChI is InChI=1S/C18H26N2O/c1-4-5-6-7-8-14(2)20-18-17-13-16(21-3)10-9-15(17)11-12-19-18/h9-14H,4-8H2,1-3H3,(H,19,20). The minimum Gasteiger partial charge on any atom is -0.497 e. The topological polar surface area (TPSA) is 34.2 Å². The molecule has 0 radical (unpaired) electrons. The molecule has 0 aliphatic carbocycles. The van der Waals surface area contributed by atoms with Crippen LogP contribution >= 0.6 is 0 Å². The van der Waals surface area contributed by atoms with E-state index < -0.39 is 0 Å². The fourth-order valence-electron chi connectivity index (χ4n) is 2.57. The van der Waals surface area contributed by atoms with Crippen molar-refractivity contribution in [1.29, 1.82) is 0 Å². The number of unbranched alkanes of at least 4 members (excludes halogenated alkanes) is 3. The van der Waals surface area contributed by atoms with E-state index >= 15 is 0 Å². The van der Waals surface area contributed by atoms with E-state index in [1.807, 2.05) is 18.3 Å². The van der Waals surface area contributed by atoms with Crippen LogP contribution in [-0.4, -0.2) is 18.1 Å². The van der Waals surface area contributed by atoms with E-state index in [-0.39, 0.29) is 0 Å². The molecule has 0 saturated carbocycles. The summed E-state index contributed by atoms with van der Waals surface area (Å²) in [5.41, 5.74) is 0. The first-order valence-corrected chi connectivity index (χ1v) is 7.94. The quantitative estimate of drug-likeness (QED) is 0.692. The molecule has 0 aliphatic heterocycles. The average Bonchev–Trinajstić information content (AvgIpc) is 2.51. The zero-order chi connectivity index (χ0) is 15.1. The van der Waals surface area contributed by atoms with E-state index in [0.717, 1.165) is 17.0 Å². The fourth-order valence-corrected chi connectivity index (χ4v) is 2.57. The molecule has 0 spiro atoms. The molecule has 1 unspecified atom stereocenters. The van der Waals surface area contributed by atoms with E-state index in [0.29, 0.717) is 6.04 Å². The molecule has 0 fully saturated rings. The molecule has 3 nitrogen and oxygen atoms in total. The Morgan fingerprint density at radius 2 is 2.05 bits per heavy atom. The minimum absolute atomic E-state index is 0.436. The zero-order valence-electron chi connectivity index (χ0n) is 13.4. The zero-order valence-corrected chi connectivity index (χ0v) is 13.4. The molecule has 1 heterocycles. The third kappa shape index (κ3) is 4.35. The van der Waals surface area contributed by atoms with E-state index in [1.54, 1.807) is 7.11 Å². The van der Waals surface area contributed by atoms with Crippen molar-refractivity contribution in [1.82, 2.24) is 4.98 Å². The molecule has 1 aromatic heterocycles. The molecule has 0 aliphatic rings. The Hall–Kier alpha value is -1.77. The van der Waals surface area contributed by atoms with Gasteiger partial charge in [-0.15, -0.1) is 0 Å². The normalized spacial score (nSPS) is 12.3. The van der Waals surface area contributed by atoms with Gasteiger partial charge in [-0.2, -0.15) is 0 Å². The lowest BCUT2D eigenvalue weighted by Gasteiger charge is -2.16. The second-order valence-electron chi connectivity index (χ2n) is 5.64. The van der Waals surface area contributed by atoms with E-state index in [4.69, 9.17) is 4.74 Å². The summed E-state index contributed by atoms with van der Waals surface area (Å²) in [6.45, 7) is 4.47. The Bertz CT molecular complexity index is 568. The van der Waals surface area contributed by atoms with E-state index in [9.17, 15) is 0 Å². The van der Waals surface area contributed by atoms with Crippen molar-refractivity contribution >= 4 is 16.6 Å². The number of aromatic nitrogens is 1. The lowest BCUT2D eigenvalue weighted by molar-refractivity contribution is 0.415. The van der Waals surface area contributed by atoms with Gasteiger partial charge in [0.2, 0.25) is 0 Å². The predicted octanol–water partition coefficient (Wildman–Crippen LogP) is 5.01. The van der Waals surface area contributed by atoms with Gasteiger partial charge in [0.05, 0.1) is 7.11 Å². The van der Waals surface area contributed by atoms with Gasteiger partial charge in [-0.05, 0) is 36.9 Å². The number of hydrogen-bond acceptors (Lipinski definition) is 3. The Labute approximate surface area is 127 Å². The molecule has 1 atom stereocenters. The summed E-state index contributed by atoms with van der Waals surface area (Å²) in [4.78, 5) is 4.50. The van der Waals surface area contributed by atoms with Crippen molar-refractivity contribution in [3.63, 3.8) is 0 Å². The summed E-state index contributed by atoms with van der Waals surface area (Å²) in [5.74, 6) is 1.82. The molecular formula is C18H26N2O. The second-order valence-corrected chi connectivity index (χ2v) is 5.64. The van der Waals surface area contributed by atoms with Crippen LogP contribution in [0.5, 0.6) is 5.75 Å². The molecule has 2 rings (SSSR count). The molecule has 21 heavy (non-hydrogen) atoms. The maximum absolute atomic E-state index is 5.32. The van der Waals surface area contributed by atoms with E-state index in [2.05, 4.69) is 36.3 Å². The lowest BCUT2D eigenvalue weighted by Crippen LogP contribution is -2.16. The van der Waals surface area contributed by atoms with E-state index in [1.165, 1.54) is 37.5 Å². The van der Waals surface area contributed by atoms with Gasteiger partial charge in [0.1, 0.15) is 11.6 Å². The Morgan fingerprint density at radius 1 is 1.19 bits per heavy atom. The number of nitrogens with zero attached hydrogens (tertiary/aromatic N) is 1. The number of anilines is 1. The highest BCUT2D eigenvalue weighted by atomic mass is 16.5. The number of pyridine rings is 1. The highest BCUT2D eigenvalue weighted by Crippen LogP contribution is 2.26. The number of benzene rings is 1. The van der Waals surface area contributed by atoms with Crippen LogP contribution < -0.4 is 10.1 Å². The van der Waals surface area contributed by atoms with Crippen LogP contribution in [0.1, 0.15) is 46.0 Å². The largest absolute Gasteiger partial charge is 0.497 e. The van der Waals surface area contributed by atoms with Crippen molar-refractivity contribution in [3.05, 3.63) is 30.5 Å². The van der Waals surface area contributed by atoms with Crippen molar-refractivity contribution in [3.8, 4) is 5.75 Å². The molecule has 1 N–H and O–H groups in total. The van der Waals surface area contributed by atoms with Crippen LogP contribution in [0.25, 0.3) is 10.8 Å². The number of fused-ring (bicyclic) bond motifs is 1. The average molecular weight is 286 g/mol. The summed E-state index contributed by atoms with van der Waals surface area (Å²) in [6.07, 6.45) is 8.25. The molecule has 3 heteroatoms. The fraction of sp³-hybridized carbons (Fsp3) is 0.500. The summed E-state index contributed by atoms with van der Waals surface area (Å²) in [7, 11) is 1.70. The third-order valence-electron chi connectivity index (χ3n) is 3.85. The van der Waals surface area contributed by atoms with Gasteiger partial charge in [0.15, 0.2) is 0 Å². The highest BCUT2D eigenvalue weighted by molar-refractivity contribution is 5.92. The van der Waals surface area contributed by atoms with Crippen LogP contribution in [-0.2, 0) is 0 Å². The number of hydrogen-bond donors (Lipinski definition) is 1. The maximum Gasteiger partial charge on any atom is 0.134 e. The first-order valence-electron chi connectivity index (χ1n) is 7.94. The lowest BCUT2D eigenvalue weighted by atomic mass is 10.1. The third-order valence-corrected chi connectivity index (χ3v) is 3.85. The second kappa shape index (κ2) is 7.87. The minimum atomic E-state index is 0.436. The number of methoxy groups -OCH3 is 1. The van der Waals surface area contributed by atoms with Crippen molar-refractivity contribution < 1.29 is 4.74 Å².